The fourth-order valence-corrected chi connectivity index (χ4v) is 2.02. The lowest BCUT2D eigenvalue weighted by Gasteiger charge is -2.31. The zero-order valence-corrected chi connectivity index (χ0v) is 10.7. The number of alkyl halides is 6. The van der Waals surface area contributed by atoms with Crippen molar-refractivity contribution in [3.8, 4) is 0 Å². The Hall–Kier alpha value is -1.28. The second kappa shape index (κ2) is 5.61. The number of hydrogen-bond acceptors (Lipinski definition) is 2. The van der Waals surface area contributed by atoms with Crippen LogP contribution in [0.1, 0.15) is 22.7 Å². The van der Waals surface area contributed by atoms with Gasteiger partial charge in [0.15, 0.2) is 5.92 Å². The molecular formula is C12H14F6N2. The lowest BCUT2D eigenvalue weighted by Crippen LogP contribution is -2.48. The molecule has 20 heavy (non-hydrogen) atoms. The molecule has 0 radical (unpaired) electrons. The molecule has 0 aliphatic rings. The molecule has 0 fully saturated rings. The van der Waals surface area contributed by atoms with Crippen LogP contribution in [0.4, 0.5) is 26.3 Å². The standard InChI is InChI=1S/C12H14F6N2/c1-6-3-4-7(2)8(5-6)9(20-19)10(11(13,14)15)12(16,17)18/h3-5,9-10,20H,19H2,1-2H3. The van der Waals surface area contributed by atoms with Crippen LogP contribution in [0.2, 0.25) is 0 Å². The molecule has 0 bridgehead atoms. The molecule has 1 aromatic carbocycles. The molecule has 0 saturated heterocycles. The monoisotopic (exact) mass is 300 g/mol. The lowest BCUT2D eigenvalue weighted by atomic mass is 9.88. The third-order valence-electron chi connectivity index (χ3n) is 2.99. The van der Waals surface area contributed by atoms with Gasteiger partial charge in [0, 0.05) is 0 Å². The summed E-state index contributed by atoms with van der Waals surface area (Å²) in [6, 6.07) is 2.24. The van der Waals surface area contributed by atoms with Crippen molar-refractivity contribution >= 4 is 0 Å². The van der Waals surface area contributed by atoms with Gasteiger partial charge in [0.2, 0.25) is 0 Å². The largest absolute Gasteiger partial charge is 0.402 e. The first-order valence-electron chi connectivity index (χ1n) is 5.65. The van der Waals surface area contributed by atoms with Gasteiger partial charge < -0.3 is 0 Å². The van der Waals surface area contributed by atoms with E-state index < -0.39 is 24.3 Å². The average Bonchev–Trinajstić information content (AvgIpc) is 2.25. The summed E-state index contributed by atoms with van der Waals surface area (Å²) < 4.78 is 76.5. The Kier molecular flexibility index (Phi) is 4.70. The fraction of sp³-hybridized carbons (Fsp3) is 0.500. The minimum atomic E-state index is -5.45. The fourth-order valence-electron chi connectivity index (χ4n) is 2.02. The summed E-state index contributed by atoms with van der Waals surface area (Å²) in [4.78, 5) is 0. The third-order valence-corrected chi connectivity index (χ3v) is 2.99. The van der Waals surface area contributed by atoms with Crippen molar-refractivity contribution in [1.82, 2.24) is 5.43 Å². The van der Waals surface area contributed by atoms with E-state index in [-0.39, 0.29) is 5.56 Å². The van der Waals surface area contributed by atoms with E-state index in [1.165, 1.54) is 19.1 Å². The van der Waals surface area contributed by atoms with Gasteiger partial charge in [-0.2, -0.15) is 26.3 Å². The van der Waals surface area contributed by atoms with Crippen molar-refractivity contribution in [3.63, 3.8) is 0 Å². The molecule has 1 unspecified atom stereocenters. The van der Waals surface area contributed by atoms with E-state index in [1.54, 1.807) is 18.4 Å². The minimum Gasteiger partial charge on any atom is -0.271 e. The van der Waals surface area contributed by atoms with Crippen LogP contribution in [0.15, 0.2) is 18.2 Å². The molecule has 0 aliphatic carbocycles. The van der Waals surface area contributed by atoms with E-state index >= 15 is 0 Å². The summed E-state index contributed by atoms with van der Waals surface area (Å²) in [6.07, 6.45) is -10.9. The van der Waals surface area contributed by atoms with E-state index in [9.17, 15) is 26.3 Å². The predicted molar refractivity (Wildman–Crippen MR) is 61.6 cm³/mol. The first kappa shape index (κ1) is 16.8. The molecule has 1 aromatic rings. The van der Waals surface area contributed by atoms with E-state index in [0.717, 1.165) is 0 Å². The highest BCUT2D eigenvalue weighted by Gasteiger charge is 2.60. The van der Waals surface area contributed by atoms with Crippen LogP contribution in [0, 0.1) is 19.8 Å². The van der Waals surface area contributed by atoms with Crippen LogP contribution in [0.25, 0.3) is 0 Å². The SMILES string of the molecule is Cc1ccc(C)c(C(NN)C(C(F)(F)F)C(F)(F)F)c1. The minimum absolute atomic E-state index is 0.118. The van der Waals surface area contributed by atoms with Crippen LogP contribution < -0.4 is 11.3 Å². The molecule has 114 valence electrons. The second-order valence-corrected chi connectivity index (χ2v) is 4.57. The smallest absolute Gasteiger partial charge is 0.271 e. The topological polar surface area (TPSA) is 38.0 Å². The summed E-state index contributed by atoms with van der Waals surface area (Å²) in [5.41, 5.74) is 2.39. The van der Waals surface area contributed by atoms with Crippen molar-refractivity contribution in [2.75, 3.05) is 0 Å². The maximum atomic E-state index is 12.8. The van der Waals surface area contributed by atoms with Crippen LogP contribution in [-0.4, -0.2) is 12.4 Å². The van der Waals surface area contributed by atoms with E-state index in [0.29, 0.717) is 11.1 Å². The molecule has 0 aliphatic heterocycles. The molecule has 0 heterocycles. The molecule has 1 rings (SSSR count). The van der Waals surface area contributed by atoms with Crippen LogP contribution >= 0.6 is 0 Å². The van der Waals surface area contributed by atoms with Crippen LogP contribution in [0.5, 0.6) is 0 Å². The average molecular weight is 300 g/mol. The number of aryl methyl sites for hydroxylation is 2. The zero-order chi connectivity index (χ0) is 15.7. The quantitative estimate of drug-likeness (QED) is 0.509. The molecule has 0 amide bonds. The number of benzene rings is 1. The summed E-state index contributed by atoms with van der Waals surface area (Å²) in [6.45, 7) is 3.01. The lowest BCUT2D eigenvalue weighted by molar-refractivity contribution is -0.293. The Bertz CT molecular complexity index is 452. The molecule has 0 spiro atoms. The van der Waals surface area contributed by atoms with Crippen LogP contribution in [-0.2, 0) is 0 Å². The summed E-state index contributed by atoms with van der Waals surface area (Å²) in [5, 5.41) is 0. The Morgan fingerprint density at radius 1 is 1.00 bits per heavy atom. The van der Waals surface area contributed by atoms with E-state index in [4.69, 9.17) is 5.84 Å². The number of hydrazine groups is 1. The maximum Gasteiger partial charge on any atom is 0.402 e. The number of nitrogens with two attached hydrogens (primary N) is 1. The first-order valence-corrected chi connectivity index (χ1v) is 5.65. The Morgan fingerprint density at radius 2 is 1.50 bits per heavy atom. The van der Waals surface area contributed by atoms with Gasteiger partial charge in [-0.15, -0.1) is 0 Å². The van der Waals surface area contributed by atoms with Crippen molar-refractivity contribution in [2.45, 2.75) is 32.2 Å². The van der Waals surface area contributed by atoms with Gasteiger partial charge in [-0.3, -0.25) is 11.3 Å². The van der Waals surface area contributed by atoms with Gasteiger partial charge in [-0.05, 0) is 25.0 Å². The molecule has 2 nitrogen and oxygen atoms in total. The highest BCUT2D eigenvalue weighted by molar-refractivity contribution is 5.33. The normalized spacial score (nSPS) is 14.7. The second-order valence-electron chi connectivity index (χ2n) is 4.57. The van der Waals surface area contributed by atoms with Crippen molar-refractivity contribution in [2.24, 2.45) is 11.8 Å². The van der Waals surface area contributed by atoms with Gasteiger partial charge in [-0.25, -0.2) is 0 Å². The maximum absolute atomic E-state index is 12.8. The molecule has 8 heteroatoms. The molecule has 1 atom stereocenters. The Labute approximate surface area is 111 Å². The first-order chi connectivity index (χ1) is 8.98. The summed E-state index contributed by atoms with van der Waals surface area (Å²) in [7, 11) is 0. The van der Waals surface area contributed by atoms with Gasteiger partial charge in [0.05, 0.1) is 6.04 Å². The number of halogens is 6. The molecular weight excluding hydrogens is 286 g/mol. The molecule has 0 saturated carbocycles. The predicted octanol–water partition coefficient (Wildman–Crippen LogP) is 3.55. The van der Waals surface area contributed by atoms with E-state index in [1.807, 2.05) is 0 Å². The number of rotatable bonds is 3. The van der Waals surface area contributed by atoms with Crippen molar-refractivity contribution in [1.29, 1.82) is 0 Å². The van der Waals surface area contributed by atoms with Crippen molar-refractivity contribution < 1.29 is 26.3 Å². The van der Waals surface area contributed by atoms with E-state index in [2.05, 4.69) is 0 Å². The van der Waals surface area contributed by atoms with Crippen molar-refractivity contribution in [3.05, 3.63) is 34.9 Å². The van der Waals surface area contributed by atoms with Gasteiger partial charge in [0.1, 0.15) is 0 Å². The van der Waals surface area contributed by atoms with Gasteiger partial charge >= 0.3 is 12.4 Å². The Balaban J connectivity index is 3.38. The summed E-state index contributed by atoms with van der Waals surface area (Å²) >= 11 is 0. The highest BCUT2D eigenvalue weighted by atomic mass is 19.4. The van der Waals surface area contributed by atoms with Gasteiger partial charge in [0.25, 0.3) is 0 Å². The number of nitrogens with one attached hydrogen (secondary N) is 1. The van der Waals surface area contributed by atoms with Gasteiger partial charge in [-0.1, -0.05) is 23.8 Å². The molecule has 3 N–H and O–H groups in total. The number of hydrogen-bond donors (Lipinski definition) is 2. The zero-order valence-electron chi connectivity index (χ0n) is 10.7. The highest BCUT2D eigenvalue weighted by Crippen LogP contribution is 2.46. The third kappa shape index (κ3) is 3.63. The molecule has 0 aromatic heterocycles. The Morgan fingerprint density at radius 3 is 1.90 bits per heavy atom. The van der Waals surface area contributed by atoms with Crippen LogP contribution in [0.3, 0.4) is 0 Å². The summed E-state index contributed by atoms with van der Waals surface area (Å²) in [5.74, 6) is 1.40.